The third kappa shape index (κ3) is 2.15. The van der Waals surface area contributed by atoms with Crippen molar-refractivity contribution in [1.82, 2.24) is 9.80 Å². The van der Waals surface area contributed by atoms with Gasteiger partial charge in [-0.1, -0.05) is 19.1 Å². The van der Waals surface area contributed by atoms with E-state index < -0.39 is 0 Å². The Bertz CT molecular complexity index is 472. The summed E-state index contributed by atoms with van der Waals surface area (Å²) in [7, 11) is 4.36. The van der Waals surface area contributed by atoms with Gasteiger partial charge in [0, 0.05) is 25.2 Å². The molecule has 1 aliphatic carbocycles. The van der Waals surface area contributed by atoms with Gasteiger partial charge < -0.3 is 10.0 Å². The molecule has 0 radical (unpaired) electrons. The van der Waals surface area contributed by atoms with Crippen molar-refractivity contribution in [2.24, 2.45) is 5.92 Å². The van der Waals surface area contributed by atoms with Crippen molar-refractivity contribution in [2.75, 3.05) is 27.2 Å². The average Bonchev–Trinajstić information content (AvgIpc) is 2.93. The van der Waals surface area contributed by atoms with Crippen LogP contribution in [0.5, 0.6) is 5.75 Å². The minimum atomic E-state index is 0.483. The number of phenolic OH excluding ortho intramolecular Hbond substituents is 1. The van der Waals surface area contributed by atoms with Crippen molar-refractivity contribution in [3.05, 3.63) is 29.3 Å². The zero-order chi connectivity index (χ0) is 13.6. The van der Waals surface area contributed by atoms with Gasteiger partial charge in [-0.25, -0.2) is 0 Å². The van der Waals surface area contributed by atoms with E-state index >= 15 is 0 Å². The molecule has 3 rings (SSSR count). The zero-order valence-electron chi connectivity index (χ0n) is 12.1. The Morgan fingerprint density at radius 3 is 2.74 bits per heavy atom. The second kappa shape index (κ2) is 4.80. The van der Waals surface area contributed by atoms with Crippen LogP contribution in [0, 0.1) is 5.92 Å². The predicted molar refractivity (Wildman–Crippen MR) is 77.4 cm³/mol. The Morgan fingerprint density at radius 2 is 2.05 bits per heavy atom. The molecule has 1 aliphatic heterocycles. The molecule has 1 aromatic carbocycles. The van der Waals surface area contributed by atoms with Crippen LogP contribution in [0.3, 0.4) is 0 Å². The summed E-state index contributed by atoms with van der Waals surface area (Å²) >= 11 is 0. The fraction of sp³-hybridized carbons (Fsp3) is 0.625. The van der Waals surface area contributed by atoms with Crippen molar-refractivity contribution in [3.63, 3.8) is 0 Å². The summed E-state index contributed by atoms with van der Waals surface area (Å²) in [6, 6.07) is 7.16. The van der Waals surface area contributed by atoms with E-state index in [2.05, 4.69) is 36.9 Å². The number of fused-ring (bicyclic) bond motifs is 1. The third-order valence-electron chi connectivity index (χ3n) is 4.92. The summed E-state index contributed by atoms with van der Waals surface area (Å²) in [5.74, 6) is 1.20. The van der Waals surface area contributed by atoms with E-state index in [1.165, 1.54) is 17.7 Å². The van der Waals surface area contributed by atoms with E-state index in [1.807, 2.05) is 12.1 Å². The van der Waals surface area contributed by atoms with Crippen LogP contribution in [0.25, 0.3) is 0 Å². The smallest absolute Gasteiger partial charge is 0.119 e. The Morgan fingerprint density at radius 1 is 1.26 bits per heavy atom. The molecular formula is C16H24N2O. The van der Waals surface area contributed by atoms with Crippen LogP contribution in [-0.2, 0) is 6.42 Å². The van der Waals surface area contributed by atoms with E-state index in [0.29, 0.717) is 17.8 Å². The van der Waals surface area contributed by atoms with E-state index in [9.17, 15) is 5.11 Å². The van der Waals surface area contributed by atoms with Crippen molar-refractivity contribution in [2.45, 2.75) is 31.8 Å². The maximum absolute atomic E-state index is 9.96. The molecule has 19 heavy (non-hydrogen) atoms. The van der Waals surface area contributed by atoms with Crippen LogP contribution < -0.4 is 0 Å². The molecule has 1 fully saturated rings. The van der Waals surface area contributed by atoms with Gasteiger partial charge in [0.1, 0.15) is 5.75 Å². The lowest BCUT2D eigenvalue weighted by Gasteiger charge is -2.26. The SMILES string of the molecule is CC1CN(C2CCc3c(O)cccc32)CC1N(C)C. The summed E-state index contributed by atoms with van der Waals surface area (Å²) in [5, 5.41) is 9.96. The lowest BCUT2D eigenvalue weighted by molar-refractivity contribution is 0.215. The van der Waals surface area contributed by atoms with Crippen LogP contribution in [0.4, 0.5) is 0 Å². The van der Waals surface area contributed by atoms with E-state index in [1.54, 1.807) is 0 Å². The molecule has 1 aromatic rings. The molecule has 1 saturated heterocycles. The maximum atomic E-state index is 9.96. The number of likely N-dealkylation sites (tertiary alicyclic amines) is 1. The molecule has 2 aliphatic rings. The number of nitrogens with zero attached hydrogens (tertiary/aromatic N) is 2. The molecule has 1 heterocycles. The minimum absolute atomic E-state index is 0.483. The molecule has 0 bridgehead atoms. The molecule has 0 amide bonds. The third-order valence-corrected chi connectivity index (χ3v) is 4.92. The van der Waals surface area contributed by atoms with Crippen LogP contribution in [-0.4, -0.2) is 48.1 Å². The first kappa shape index (κ1) is 12.9. The van der Waals surface area contributed by atoms with Crippen molar-refractivity contribution < 1.29 is 5.11 Å². The number of hydrogen-bond acceptors (Lipinski definition) is 3. The van der Waals surface area contributed by atoms with E-state index in [0.717, 1.165) is 25.3 Å². The average molecular weight is 260 g/mol. The number of rotatable bonds is 2. The summed E-state index contributed by atoms with van der Waals surface area (Å²) in [6.45, 7) is 4.67. The second-order valence-corrected chi connectivity index (χ2v) is 6.36. The maximum Gasteiger partial charge on any atom is 0.119 e. The highest BCUT2D eigenvalue weighted by molar-refractivity contribution is 5.44. The second-order valence-electron chi connectivity index (χ2n) is 6.36. The number of hydrogen-bond donors (Lipinski definition) is 1. The zero-order valence-corrected chi connectivity index (χ0v) is 12.1. The molecule has 0 spiro atoms. The summed E-state index contributed by atoms with van der Waals surface area (Å²) < 4.78 is 0. The molecule has 1 N–H and O–H groups in total. The van der Waals surface area contributed by atoms with Crippen LogP contribution in [0.1, 0.15) is 30.5 Å². The highest BCUT2D eigenvalue weighted by Crippen LogP contribution is 2.41. The van der Waals surface area contributed by atoms with Gasteiger partial charge in [0.25, 0.3) is 0 Å². The van der Waals surface area contributed by atoms with E-state index in [-0.39, 0.29) is 0 Å². The van der Waals surface area contributed by atoms with Crippen LogP contribution >= 0.6 is 0 Å². The molecule has 3 unspecified atom stereocenters. The number of likely N-dealkylation sites (N-methyl/N-ethyl adjacent to an activating group) is 1. The highest BCUT2D eigenvalue weighted by atomic mass is 16.3. The normalized spacial score (nSPS) is 31.1. The molecule has 3 heteroatoms. The highest BCUT2D eigenvalue weighted by Gasteiger charge is 2.37. The Kier molecular flexibility index (Phi) is 3.27. The van der Waals surface area contributed by atoms with Gasteiger partial charge in [0.2, 0.25) is 0 Å². The fourth-order valence-electron chi connectivity index (χ4n) is 3.91. The Balaban J connectivity index is 1.82. The van der Waals surface area contributed by atoms with Crippen molar-refractivity contribution in [1.29, 1.82) is 0 Å². The van der Waals surface area contributed by atoms with Gasteiger partial charge >= 0.3 is 0 Å². The molecular weight excluding hydrogens is 236 g/mol. The predicted octanol–water partition coefficient (Wildman–Crippen LogP) is 2.26. The lowest BCUT2D eigenvalue weighted by Crippen LogP contribution is -2.34. The molecule has 3 nitrogen and oxygen atoms in total. The molecule has 3 atom stereocenters. The summed E-state index contributed by atoms with van der Waals surface area (Å²) in [6.07, 6.45) is 2.17. The number of aromatic hydroxyl groups is 1. The monoisotopic (exact) mass is 260 g/mol. The van der Waals surface area contributed by atoms with Gasteiger partial charge in [-0.3, -0.25) is 4.90 Å². The molecule has 0 aromatic heterocycles. The molecule has 0 saturated carbocycles. The topological polar surface area (TPSA) is 26.7 Å². The van der Waals surface area contributed by atoms with Crippen molar-refractivity contribution >= 4 is 0 Å². The van der Waals surface area contributed by atoms with Gasteiger partial charge in [0.15, 0.2) is 0 Å². The standard InChI is InChI=1S/C16H24N2O/c1-11-9-18(10-15(11)17(2)3)14-8-7-13-12(14)5-4-6-16(13)19/h4-6,11,14-15,19H,7-10H2,1-3H3. The number of benzene rings is 1. The summed E-state index contributed by atoms with van der Waals surface area (Å²) in [4.78, 5) is 4.96. The quantitative estimate of drug-likeness (QED) is 0.883. The van der Waals surface area contributed by atoms with Gasteiger partial charge in [-0.05, 0) is 50.0 Å². The minimum Gasteiger partial charge on any atom is -0.508 e. The first-order chi connectivity index (χ1) is 9.08. The lowest BCUT2D eigenvalue weighted by atomic mass is 10.1. The van der Waals surface area contributed by atoms with Crippen molar-refractivity contribution in [3.8, 4) is 5.75 Å². The fourth-order valence-corrected chi connectivity index (χ4v) is 3.91. The van der Waals surface area contributed by atoms with Crippen LogP contribution in [0.2, 0.25) is 0 Å². The summed E-state index contributed by atoms with van der Waals surface area (Å²) in [5.41, 5.74) is 2.53. The first-order valence-electron chi connectivity index (χ1n) is 7.29. The molecule has 104 valence electrons. The van der Waals surface area contributed by atoms with Gasteiger partial charge in [-0.2, -0.15) is 0 Å². The van der Waals surface area contributed by atoms with Gasteiger partial charge in [0.05, 0.1) is 0 Å². The van der Waals surface area contributed by atoms with Crippen LogP contribution in [0.15, 0.2) is 18.2 Å². The van der Waals surface area contributed by atoms with Gasteiger partial charge in [-0.15, -0.1) is 0 Å². The Labute approximate surface area is 115 Å². The first-order valence-corrected chi connectivity index (χ1v) is 7.29. The number of phenols is 1. The Hall–Kier alpha value is -1.06. The van der Waals surface area contributed by atoms with E-state index in [4.69, 9.17) is 0 Å². The largest absolute Gasteiger partial charge is 0.508 e.